The third-order valence-electron chi connectivity index (χ3n) is 14.8. The summed E-state index contributed by atoms with van der Waals surface area (Å²) in [6, 6.07) is 8.60. The number of esters is 2. The van der Waals surface area contributed by atoms with E-state index in [9.17, 15) is 30.0 Å². The Morgan fingerprint density at radius 3 is 2.17 bits per heavy atom. The van der Waals surface area contributed by atoms with Crippen molar-refractivity contribution in [2.75, 3.05) is 34.8 Å². The van der Waals surface area contributed by atoms with Crippen LogP contribution in [0.15, 0.2) is 30.3 Å². The van der Waals surface area contributed by atoms with E-state index >= 15 is 0 Å². The highest BCUT2D eigenvalue weighted by atomic mass is 16.7. The highest BCUT2D eigenvalue weighted by molar-refractivity contribution is 5.74. The van der Waals surface area contributed by atoms with Crippen molar-refractivity contribution in [3.05, 3.63) is 35.9 Å². The molecule has 0 saturated carbocycles. The molecule has 3 fully saturated rings. The zero-order valence-electron chi connectivity index (χ0n) is 42.5. The Bertz CT molecular complexity index is 1660. The molecule has 16 heteroatoms. The molecule has 3 aliphatic heterocycles. The van der Waals surface area contributed by atoms with E-state index in [1.807, 2.05) is 95.9 Å². The third-order valence-corrected chi connectivity index (χ3v) is 14.8. The van der Waals surface area contributed by atoms with Gasteiger partial charge in [-0.05, 0) is 106 Å². The van der Waals surface area contributed by atoms with Crippen molar-refractivity contribution in [1.82, 2.24) is 9.80 Å². The number of cyclic esters (lactones) is 1. The van der Waals surface area contributed by atoms with E-state index in [1.54, 1.807) is 34.6 Å². The van der Waals surface area contributed by atoms with Gasteiger partial charge in [0.2, 0.25) is 0 Å². The standard InChI is InChI=1S/C50H86N2O14/c1-16-37-43(54)48(10,59-15)26-39(62-37)64-40-31(6)44(50(58,18-3)25-29(4)27-52(14)33(8)42(53)49(11,57)38(17-2)63-45(55)32(40)7)66-47-41(36(51(12)13)24-30(5)61-47)65-46(56)34(9)60-28-35-22-20-19-21-23-35/h19-23,29-34,36-44,47,53-54,57-58H,16-18,24-28H2,1-15H3/t29-,30-,31+,32-,33-,34-,36+,37+,38-,39+,40+,41-,42-,43+,44-,47+,48-,49-,50-/m1/s1. The highest BCUT2D eigenvalue weighted by Gasteiger charge is 2.54. The molecule has 0 radical (unpaired) electrons. The minimum Gasteiger partial charge on any atom is -0.459 e. The summed E-state index contributed by atoms with van der Waals surface area (Å²) in [6.45, 7) is 20.3. The van der Waals surface area contributed by atoms with Crippen LogP contribution in [-0.2, 0) is 54.1 Å². The van der Waals surface area contributed by atoms with Crippen molar-refractivity contribution in [2.24, 2.45) is 17.8 Å². The van der Waals surface area contributed by atoms with Gasteiger partial charge in [0.15, 0.2) is 24.8 Å². The fourth-order valence-corrected chi connectivity index (χ4v) is 10.3. The Morgan fingerprint density at radius 1 is 0.939 bits per heavy atom. The minimum absolute atomic E-state index is 0.103. The number of aliphatic hydroxyl groups is 4. The summed E-state index contributed by atoms with van der Waals surface area (Å²) in [6.07, 6.45) is -9.07. The lowest BCUT2D eigenvalue weighted by Gasteiger charge is -2.50. The molecule has 0 bridgehead atoms. The average Bonchev–Trinajstić information content (AvgIpc) is 3.28. The Labute approximate surface area is 394 Å². The number of hydrogen-bond donors (Lipinski definition) is 4. The van der Waals surface area contributed by atoms with E-state index in [-0.39, 0.29) is 50.4 Å². The van der Waals surface area contributed by atoms with Gasteiger partial charge in [-0.2, -0.15) is 0 Å². The first-order valence-electron chi connectivity index (χ1n) is 24.3. The fraction of sp³-hybridized carbons (Fsp3) is 0.840. The predicted octanol–water partition coefficient (Wildman–Crippen LogP) is 4.84. The number of ether oxygens (including phenoxy) is 8. The maximum absolute atomic E-state index is 14.6. The summed E-state index contributed by atoms with van der Waals surface area (Å²) in [7, 11) is 7.17. The maximum atomic E-state index is 14.6. The predicted molar refractivity (Wildman–Crippen MR) is 248 cm³/mol. The van der Waals surface area contributed by atoms with Crippen molar-refractivity contribution in [3.63, 3.8) is 0 Å². The van der Waals surface area contributed by atoms with Crippen molar-refractivity contribution in [3.8, 4) is 0 Å². The molecule has 16 nitrogen and oxygen atoms in total. The molecule has 4 rings (SSSR count). The van der Waals surface area contributed by atoms with Crippen LogP contribution >= 0.6 is 0 Å². The number of carbonyl (C=O) groups excluding carboxylic acids is 2. The minimum atomic E-state index is -1.84. The van der Waals surface area contributed by atoms with Crippen LogP contribution in [0.2, 0.25) is 0 Å². The van der Waals surface area contributed by atoms with E-state index < -0.39 is 108 Å². The Balaban J connectivity index is 1.86. The van der Waals surface area contributed by atoms with Gasteiger partial charge in [0, 0.05) is 32.0 Å². The number of aliphatic hydroxyl groups excluding tert-OH is 2. The highest BCUT2D eigenvalue weighted by Crippen LogP contribution is 2.42. The molecular weight excluding hydrogens is 853 g/mol. The molecule has 19 atom stereocenters. The topological polar surface area (TPSA) is 195 Å². The molecular formula is C50H86N2O14. The van der Waals surface area contributed by atoms with Crippen LogP contribution in [0, 0.1) is 17.8 Å². The largest absolute Gasteiger partial charge is 0.459 e. The first-order valence-corrected chi connectivity index (χ1v) is 24.3. The maximum Gasteiger partial charge on any atom is 0.335 e. The van der Waals surface area contributed by atoms with Gasteiger partial charge in [-0.1, -0.05) is 65.0 Å². The lowest BCUT2D eigenvalue weighted by molar-refractivity contribution is -0.322. The fourth-order valence-electron chi connectivity index (χ4n) is 10.3. The van der Waals surface area contributed by atoms with E-state index in [1.165, 1.54) is 14.0 Å². The molecule has 0 amide bonds. The first kappa shape index (κ1) is 56.3. The molecule has 1 aromatic carbocycles. The molecule has 0 aromatic heterocycles. The summed E-state index contributed by atoms with van der Waals surface area (Å²) < 4.78 is 51.5. The van der Waals surface area contributed by atoms with Crippen molar-refractivity contribution < 1.29 is 67.9 Å². The van der Waals surface area contributed by atoms with Crippen molar-refractivity contribution in [2.45, 2.75) is 218 Å². The normalized spacial score (nSPS) is 41.9. The quantitative estimate of drug-likeness (QED) is 0.185. The molecule has 0 spiro atoms. The number of likely N-dealkylation sites (N-methyl/N-ethyl adjacent to an activating group) is 2. The van der Waals surface area contributed by atoms with Gasteiger partial charge in [-0.15, -0.1) is 0 Å². The van der Waals surface area contributed by atoms with E-state index in [0.29, 0.717) is 19.4 Å². The second-order valence-electron chi connectivity index (χ2n) is 20.4. The molecule has 0 aliphatic carbocycles. The summed E-state index contributed by atoms with van der Waals surface area (Å²) in [4.78, 5) is 32.5. The van der Waals surface area contributed by atoms with E-state index in [4.69, 9.17) is 37.9 Å². The van der Waals surface area contributed by atoms with Gasteiger partial charge in [-0.25, -0.2) is 4.79 Å². The summed E-state index contributed by atoms with van der Waals surface area (Å²) in [5, 5.41) is 48.2. The monoisotopic (exact) mass is 939 g/mol. The lowest BCUT2D eigenvalue weighted by Crippen LogP contribution is -2.62. The van der Waals surface area contributed by atoms with Crippen LogP contribution in [0.5, 0.6) is 0 Å². The van der Waals surface area contributed by atoms with Crippen LogP contribution < -0.4 is 0 Å². The second-order valence-corrected chi connectivity index (χ2v) is 20.4. The van der Waals surface area contributed by atoms with Gasteiger partial charge in [0.05, 0.1) is 54.2 Å². The summed E-state index contributed by atoms with van der Waals surface area (Å²) in [5.74, 6) is -3.42. The van der Waals surface area contributed by atoms with Crippen LogP contribution in [0.3, 0.4) is 0 Å². The van der Waals surface area contributed by atoms with Gasteiger partial charge in [0.25, 0.3) is 0 Å². The van der Waals surface area contributed by atoms with Crippen LogP contribution in [0.1, 0.15) is 120 Å². The molecule has 3 saturated heterocycles. The number of nitrogens with zero attached hydrogens (tertiary/aromatic N) is 2. The Kier molecular flexibility index (Phi) is 20.5. The van der Waals surface area contributed by atoms with Crippen molar-refractivity contribution in [1.29, 1.82) is 0 Å². The Morgan fingerprint density at radius 2 is 1.59 bits per heavy atom. The first-order chi connectivity index (χ1) is 30.9. The van der Waals surface area contributed by atoms with Crippen LogP contribution in [-0.4, -0.2) is 173 Å². The third kappa shape index (κ3) is 13.3. The molecule has 4 N–H and O–H groups in total. The zero-order valence-corrected chi connectivity index (χ0v) is 42.5. The molecule has 3 heterocycles. The smallest absolute Gasteiger partial charge is 0.335 e. The second kappa shape index (κ2) is 24.0. The van der Waals surface area contributed by atoms with Gasteiger partial charge in [-0.3, -0.25) is 4.79 Å². The Hall–Kier alpha value is -2.32. The molecule has 0 unspecified atom stereocenters. The van der Waals surface area contributed by atoms with Gasteiger partial charge in [0.1, 0.15) is 23.9 Å². The molecule has 3 aliphatic rings. The van der Waals surface area contributed by atoms with E-state index in [0.717, 1.165) is 5.56 Å². The molecule has 1 aromatic rings. The lowest BCUT2D eigenvalue weighted by atomic mass is 9.75. The van der Waals surface area contributed by atoms with Crippen LogP contribution in [0.4, 0.5) is 0 Å². The zero-order chi connectivity index (χ0) is 49.5. The SMILES string of the molecule is CC[C@@H]1O[C@@H](O[C@H]2[C@H](C)[C@@H](O[C@@H]3O[C@H](C)C[C@H](N(C)C)[C@H]3OC(=O)[C@@H](C)OCc3ccccc3)[C@@](O)(CC)C[C@@H](C)CN(C)[C@H](C)[C@@H](O)[C@](C)(O)[C@@H](CC)OC(=O)[C@@H]2C)C[C@@](C)(OC)[C@H]1O. The summed E-state index contributed by atoms with van der Waals surface area (Å²) >= 11 is 0. The summed E-state index contributed by atoms with van der Waals surface area (Å²) in [5.41, 5.74) is -3.62. The molecule has 66 heavy (non-hydrogen) atoms. The van der Waals surface area contributed by atoms with Gasteiger partial charge < -0.3 is 68.1 Å². The molecule has 380 valence electrons. The van der Waals surface area contributed by atoms with Crippen LogP contribution in [0.25, 0.3) is 0 Å². The number of methoxy groups -OCH3 is 1. The van der Waals surface area contributed by atoms with E-state index in [2.05, 4.69) is 0 Å². The number of rotatable bonds is 14. The van der Waals surface area contributed by atoms with Gasteiger partial charge >= 0.3 is 11.9 Å². The number of hydrogen-bond acceptors (Lipinski definition) is 16. The average molecular weight is 939 g/mol. The van der Waals surface area contributed by atoms with Crippen molar-refractivity contribution >= 4 is 11.9 Å². The number of carbonyl (C=O) groups is 2. The number of benzene rings is 1.